The topological polar surface area (TPSA) is 68.2 Å². The van der Waals surface area contributed by atoms with Gasteiger partial charge in [0.15, 0.2) is 0 Å². The van der Waals surface area contributed by atoms with E-state index in [0.29, 0.717) is 6.54 Å². The monoisotopic (exact) mass is 232 g/mol. The molecular formula is C12H16N4O. The van der Waals surface area contributed by atoms with Gasteiger partial charge in [0.1, 0.15) is 11.6 Å². The number of nitrogens with two attached hydrogens (primary N) is 1. The molecule has 0 aliphatic carbocycles. The van der Waals surface area contributed by atoms with Crippen LogP contribution in [0.3, 0.4) is 0 Å². The number of aromatic nitrogens is 2. The van der Waals surface area contributed by atoms with Crippen LogP contribution in [-0.4, -0.2) is 17.0 Å². The zero-order chi connectivity index (χ0) is 12.3. The summed E-state index contributed by atoms with van der Waals surface area (Å²) >= 11 is 0. The highest BCUT2D eigenvalue weighted by Crippen LogP contribution is 2.15. The number of aryl methyl sites for hydroxylation is 1. The predicted octanol–water partition coefficient (Wildman–Crippen LogP) is 1.47. The molecule has 0 spiro atoms. The SMILES string of the molecule is Cc1occc1CN(C)c1cnc(CN)cn1. The van der Waals surface area contributed by atoms with Crippen molar-refractivity contribution in [3.8, 4) is 0 Å². The molecule has 0 saturated heterocycles. The molecule has 90 valence electrons. The van der Waals surface area contributed by atoms with Gasteiger partial charge in [-0.1, -0.05) is 0 Å². The highest BCUT2D eigenvalue weighted by molar-refractivity contribution is 5.36. The first-order chi connectivity index (χ1) is 8.20. The summed E-state index contributed by atoms with van der Waals surface area (Å²) in [5.74, 6) is 1.76. The number of hydrogen-bond donors (Lipinski definition) is 1. The van der Waals surface area contributed by atoms with Crippen LogP contribution in [-0.2, 0) is 13.1 Å². The lowest BCUT2D eigenvalue weighted by Gasteiger charge is -2.17. The maximum Gasteiger partial charge on any atom is 0.147 e. The number of rotatable bonds is 4. The first-order valence-corrected chi connectivity index (χ1v) is 5.46. The van der Waals surface area contributed by atoms with Crippen LogP contribution in [0.15, 0.2) is 29.1 Å². The zero-order valence-electron chi connectivity index (χ0n) is 10.1. The molecule has 0 atom stereocenters. The second kappa shape index (κ2) is 4.97. The molecule has 5 nitrogen and oxygen atoms in total. The van der Waals surface area contributed by atoms with Gasteiger partial charge in [-0.15, -0.1) is 0 Å². The fourth-order valence-corrected chi connectivity index (χ4v) is 1.56. The van der Waals surface area contributed by atoms with Gasteiger partial charge in [-0.2, -0.15) is 0 Å². The molecule has 0 unspecified atom stereocenters. The van der Waals surface area contributed by atoms with Crippen molar-refractivity contribution in [3.05, 3.63) is 41.7 Å². The van der Waals surface area contributed by atoms with Gasteiger partial charge in [0.25, 0.3) is 0 Å². The van der Waals surface area contributed by atoms with E-state index < -0.39 is 0 Å². The van der Waals surface area contributed by atoms with E-state index in [0.717, 1.165) is 29.4 Å². The summed E-state index contributed by atoms with van der Waals surface area (Å²) < 4.78 is 5.26. The van der Waals surface area contributed by atoms with E-state index in [9.17, 15) is 0 Å². The molecular weight excluding hydrogens is 216 g/mol. The Labute approximate surface area is 100 Å². The number of hydrogen-bond acceptors (Lipinski definition) is 5. The summed E-state index contributed by atoms with van der Waals surface area (Å²) in [4.78, 5) is 10.5. The molecule has 0 radical (unpaired) electrons. The van der Waals surface area contributed by atoms with Gasteiger partial charge >= 0.3 is 0 Å². The predicted molar refractivity (Wildman–Crippen MR) is 65.5 cm³/mol. The number of furan rings is 1. The van der Waals surface area contributed by atoms with Crippen molar-refractivity contribution < 1.29 is 4.42 Å². The summed E-state index contributed by atoms with van der Waals surface area (Å²) in [5, 5.41) is 0. The molecule has 0 fully saturated rings. The zero-order valence-corrected chi connectivity index (χ0v) is 10.1. The van der Waals surface area contributed by atoms with Crippen LogP contribution in [0.4, 0.5) is 5.82 Å². The van der Waals surface area contributed by atoms with Crippen LogP contribution in [0, 0.1) is 6.92 Å². The Morgan fingerprint density at radius 3 is 2.71 bits per heavy atom. The molecule has 0 aliphatic rings. The van der Waals surface area contributed by atoms with E-state index in [1.54, 1.807) is 18.7 Å². The third kappa shape index (κ3) is 2.62. The van der Waals surface area contributed by atoms with Crippen LogP contribution in [0.5, 0.6) is 0 Å². The van der Waals surface area contributed by atoms with Gasteiger partial charge in [-0.3, -0.25) is 4.98 Å². The molecule has 2 rings (SSSR count). The Kier molecular flexibility index (Phi) is 3.39. The minimum absolute atomic E-state index is 0.415. The number of nitrogens with zero attached hydrogens (tertiary/aromatic N) is 3. The van der Waals surface area contributed by atoms with Gasteiger partial charge in [0.2, 0.25) is 0 Å². The van der Waals surface area contributed by atoms with Crippen molar-refractivity contribution in [2.45, 2.75) is 20.0 Å². The molecule has 0 bridgehead atoms. The highest BCUT2D eigenvalue weighted by Gasteiger charge is 2.07. The van der Waals surface area contributed by atoms with Gasteiger partial charge in [0, 0.05) is 25.7 Å². The van der Waals surface area contributed by atoms with Gasteiger partial charge in [0.05, 0.1) is 24.4 Å². The Morgan fingerprint density at radius 2 is 2.18 bits per heavy atom. The van der Waals surface area contributed by atoms with Crippen LogP contribution >= 0.6 is 0 Å². The lowest BCUT2D eigenvalue weighted by molar-refractivity contribution is 0.529. The number of anilines is 1. The largest absolute Gasteiger partial charge is 0.469 e. The molecule has 0 aromatic carbocycles. The van der Waals surface area contributed by atoms with Gasteiger partial charge in [-0.25, -0.2) is 4.98 Å². The Morgan fingerprint density at radius 1 is 1.35 bits per heavy atom. The van der Waals surface area contributed by atoms with E-state index in [4.69, 9.17) is 10.2 Å². The van der Waals surface area contributed by atoms with Crippen molar-refractivity contribution >= 4 is 5.82 Å². The molecule has 17 heavy (non-hydrogen) atoms. The lowest BCUT2D eigenvalue weighted by Crippen LogP contribution is -2.18. The maximum atomic E-state index is 5.48. The van der Waals surface area contributed by atoms with Crippen molar-refractivity contribution in [1.29, 1.82) is 0 Å². The fourth-order valence-electron chi connectivity index (χ4n) is 1.56. The van der Waals surface area contributed by atoms with Crippen molar-refractivity contribution in [1.82, 2.24) is 9.97 Å². The second-order valence-corrected chi connectivity index (χ2v) is 3.93. The molecule has 0 amide bonds. The van der Waals surface area contributed by atoms with Crippen LogP contribution in [0.2, 0.25) is 0 Å². The first kappa shape index (κ1) is 11.6. The van der Waals surface area contributed by atoms with Crippen LogP contribution < -0.4 is 10.6 Å². The molecule has 2 aromatic rings. The third-order valence-corrected chi connectivity index (χ3v) is 2.67. The van der Waals surface area contributed by atoms with Crippen molar-refractivity contribution in [2.24, 2.45) is 5.73 Å². The Hall–Kier alpha value is -1.88. The molecule has 2 aromatic heterocycles. The van der Waals surface area contributed by atoms with Crippen molar-refractivity contribution in [3.63, 3.8) is 0 Å². The maximum absolute atomic E-state index is 5.48. The molecule has 2 heterocycles. The summed E-state index contributed by atoms with van der Waals surface area (Å²) in [5.41, 5.74) is 7.42. The summed E-state index contributed by atoms with van der Waals surface area (Å²) in [6, 6.07) is 1.97. The summed E-state index contributed by atoms with van der Waals surface area (Å²) in [7, 11) is 1.97. The minimum atomic E-state index is 0.415. The normalized spacial score (nSPS) is 10.5. The Bertz CT molecular complexity index is 478. The average molecular weight is 232 g/mol. The Balaban J connectivity index is 2.09. The summed E-state index contributed by atoms with van der Waals surface area (Å²) in [6.07, 6.45) is 5.13. The van der Waals surface area contributed by atoms with E-state index in [2.05, 4.69) is 9.97 Å². The second-order valence-electron chi connectivity index (χ2n) is 3.93. The standard InChI is InChI=1S/C12H16N4O/c1-9-10(3-4-17-9)8-16(2)12-7-14-11(5-13)6-15-12/h3-4,6-7H,5,8,13H2,1-2H3. The quantitative estimate of drug-likeness (QED) is 0.864. The van der Waals surface area contributed by atoms with Gasteiger partial charge in [-0.05, 0) is 13.0 Å². The molecule has 0 aliphatic heterocycles. The fraction of sp³-hybridized carbons (Fsp3) is 0.333. The average Bonchev–Trinajstić information content (AvgIpc) is 2.75. The molecule has 0 saturated carbocycles. The smallest absolute Gasteiger partial charge is 0.147 e. The van der Waals surface area contributed by atoms with Crippen LogP contribution in [0.25, 0.3) is 0 Å². The van der Waals surface area contributed by atoms with E-state index in [-0.39, 0.29) is 0 Å². The third-order valence-electron chi connectivity index (χ3n) is 2.67. The van der Waals surface area contributed by atoms with E-state index in [1.807, 2.05) is 24.9 Å². The van der Waals surface area contributed by atoms with Gasteiger partial charge < -0.3 is 15.1 Å². The first-order valence-electron chi connectivity index (χ1n) is 5.46. The molecule has 5 heteroatoms. The van der Waals surface area contributed by atoms with E-state index >= 15 is 0 Å². The highest BCUT2D eigenvalue weighted by atomic mass is 16.3. The minimum Gasteiger partial charge on any atom is -0.469 e. The van der Waals surface area contributed by atoms with Crippen molar-refractivity contribution in [2.75, 3.05) is 11.9 Å². The molecule has 2 N–H and O–H groups in total. The van der Waals surface area contributed by atoms with E-state index in [1.165, 1.54) is 0 Å². The lowest BCUT2D eigenvalue weighted by atomic mass is 10.2. The summed E-state index contributed by atoms with van der Waals surface area (Å²) in [6.45, 7) is 3.11. The van der Waals surface area contributed by atoms with Crippen LogP contribution in [0.1, 0.15) is 17.0 Å².